The topological polar surface area (TPSA) is 18.5 Å². The number of alkyl halides is 1. The SMILES string of the molecule is CCOCOCCC=CCCCCCCCCCCCCCCI. The van der Waals surface area contributed by atoms with Gasteiger partial charge in [0.15, 0.2) is 0 Å². The molecule has 0 heterocycles. The molecule has 0 spiro atoms. The summed E-state index contributed by atoms with van der Waals surface area (Å²) in [6, 6.07) is 0. The van der Waals surface area contributed by atoms with Crippen LogP contribution in [0.3, 0.4) is 0 Å². The minimum absolute atomic E-state index is 0.433. The maximum Gasteiger partial charge on any atom is 0.146 e. The Bertz CT molecular complexity index is 244. The van der Waals surface area contributed by atoms with Crippen molar-refractivity contribution in [3.8, 4) is 0 Å². The fraction of sp³-hybridized carbons (Fsp3) is 0.905. The Kier molecular flexibility index (Phi) is 23.8. The van der Waals surface area contributed by atoms with Gasteiger partial charge >= 0.3 is 0 Å². The van der Waals surface area contributed by atoms with Gasteiger partial charge in [-0.05, 0) is 37.0 Å². The Morgan fingerprint density at radius 1 is 0.625 bits per heavy atom. The molecular formula is C21H41IO2. The average molecular weight is 452 g/mol. The van der Waals surface area contributed by atoms with Crippen molar-refractivity contribution in [2.24, 2.45) is 0 Å². The molecule has 144 valence electrons. The first kappa shape index (κ1) is 24.4. The fourth-order valence-corrected chi connectivity index (χ4v) is 3.25. The average Bonchev–Trinajstić information content (AvgIpc) is 2.60. The highest BCUT2D eigenvalue weighted by Gasteiger charge is 1.93. The number of hydrogen-bond donors (Lipinski definition) is 0. The van der Waals surface area contributed by atoms with E-state index < -0.39 is 0 Å². The summed E-state index contributed by atoms with van der Waals surface area (Å²) in [6.45, 7) is 3.92. The van der Waals surface area contributed by atoms with Gasteiger partial charge in [-0.1, -0.05) is 99.0 Å². The summed E-state index contributed by atoms with van der Waals surface area (Å²) in [5.41, 5.74) is 0. The van der Waals surface area contributed by atoms with Crippen LogP contribution < -0.4 is 0 Å². The van der Waals surface area contributed by atoms with Crippen LogP contribution in [0.4, 0.5) is 0 Å². The molecule has 0 N–H and O–H groups in total. The molecule has 0 unspecified atom stereocenters. The zero-order valence-corrected chi connectivity index (χ0v) is 18.2. The van der Waals surface area contributed by atoms with Crippen LogP contribution in [0.1, 0.15) is 96.8 Å². The lowest BCUT2D eigenvalue weighted by molar-refractivity contribution is -0.0476. The molecule has 0 aromatic carbocycles. The van der Waals surface area contributed by atoms with Crippen LogP contribution in [0.25, 0.3) is 0 Å². The zero-order chi connectivity index (χ0) is 17.6. The summed E-state index contributed by atoms with van der Waals surface area (Å²) in [4.78, 5) is 0. The van der Waals surface area contributed by atoms with Crippen LogP contribution >= 0.6 is 22.6 Å². The number of unbranched alkanes of at least 4 members (excludes halogenated alkanes) is 12. The molecule has 0 aliphatic carbocycles. The van der Waals surface area contributed by atoms with Crippen molar-refractivity contribution in [1.82, 2.24) is 0 Å². The fourth-order valence-electron chi connectivity index (χ4n) is 2.71. The van der Waals surface area contributed by atoms with E-state index in [-0.39, 0.29) is 0 Å². The molecule has 0 amide bonds. The van der Waals surface area contributed by atoms with Gasteiger partial charge < -0.3 is 9.47 Å². The van der Waals surface area contributed by atoms with Gasteiger partial charge in [-0.2, -0.15) is 0 Å². The minimum Gasteiger partial charge on any atom is -0.356 e. The second kappa shape index (κ2) is 23.4. The number of allylic oxidation sites excluding steroid dienone is 1. The number of hydrogen-bond acceptors (Lipinski definition) is 2. The molecular weight excluding hydrogens is 411 g/mol. The molecule has 0 saturated heterocycles. The lowest BCUT2D eigenvalue weighted by atomic mass is 10.0. The monoisotopic (exact) mass is 452 g/mol. The first-order chi connectivity index (χ1) is 11.9. The first-order valence-electron chi connectivity index (χ1n) is 10.3. The maximum atomic E-state index is 5.32. The van der Waals surface area contributed by atoms with Crippen molar-refractivity contribution < 1.29 is 9.47 Å². The lowest BCUT2D eigenvalue weighted by Crippen LogP contribution is -1.99. The Morgan fingerprint density at radius 2 is 1.12 bits per heavy atom. The summed E-state index contributed by atoms with van der Waals surface area (Å²) in [6.07, 6.45) is 23.9. The van der Waals surface area contributed by atoms with E-state index in [1.54, 1.807) is 0 Å². The third kappa shape index (κ3) is 22.4. The normalized spacial score (nSPS) is 11.6. The van der Waals surface area contributed by atoms with E-state index in [1.165, 1.54) is 87.9 Å². The number of rotatable bonds is 20. The molecule has 0 atom stereocenters. The molecule has 0 aliphatic heterocycles. The van der Waals surface area contributed by atoms with Crippen molar-refractivity contribution >= 4 is 22.6 Å². The molecule has 24 heavy (non-hydrogen) atoms. The van der Waals surface area contributed by atoms with Crippen LogP contribution in [-0.4, -0.2) is 24.4 Å². The number of halogens is 1. The van der Waals surface area contributed by atoms with Gasteiger partial charge in [-0.15, -0.1) is 0 Å². The summed E-state index contributed by atoms with van der Waals surface area (Å²) >= 11 is 2.48. The van der Waals surface area contributed by atoms with E-state index in [0.717, 1.165) is 19.6 Å². The molecule has 0 aromatic heterocycles. The summed E-state index contributed by atoms with van der Waals surface area (Å²) in [5.74, 6) is 0. The molecule has 0 aliphatic rings. The van der Waals surface area contributed by atoms with Crippen LogP contribution in [0.15, 0.2) is 12.2 Å². The largest absolute Gasteiger partial charge is 0.356 e. The number of ether oxygens (including phenoxy) is 2. The van der Waals surface area contributed by atoms with E-state index in [0.29, 0.717) is 6.79 Å². The predicted molar refractivity (Wildman–Crippen MR) is 115 cm³/mol. The Morgan fingerprint density at radius 3 is 1.67 bits per heavy atom. The van der Waals surface area contributed by atoms with Crippen LogP contribution in [0.5, 0.6) is 0 Å². The van der Waals surface area contributed by atoms with E-state index in [9.17, 15) is 0 Å². The quantitative estimate of drug-likeness (QED) is 0.0628. The smallest absolute Gasteiger partial charge is 0.146 e. The Balaban J connectivity index is 3.02. The highest BCUT2D eigenvalue weighted by molar-refractivity contribution is 14.1. The van der Waals surface area contributed by atoms with Crippen molar-refractivity contribution in [1.29, 1.82) is 0 Å². The van der Waals surface area contributed by atoms with Crippen molar-refractivity contribution in [2.75, 3.05) is 24.4 Å². The van der Waals surface area contributed by atoms with Gasteiger partial charge in [-0.3, -0.25) is 0 Å². The summed E-state index contributed by atoms with van der Waals surface area (Å²) < 4.78 is 11.8. The highest BCUT2D eigenvalue weighted by atomic mass is 127. The van der Waals surface area contributed by atoms with Crippen molar-refractivity contribution in [3.63, 3.8) is 0 Å². The second-order valence-corrected chi connectivity index (χ2v) is 7.58. The van der Waals surface area contributed by atoms with E-state index in [1.807, 2.05) is 6.92 Å². The summed E-state index contributed by atoms with van der Waals surface area (Å²) in [7, 11) is 0. The Labute approximate surface area is 165 Å². The van der Waals surface area contributed by atoms with Crippen molar-refractivity contribution in [2.45, 2.75) is 96.8 Å². The highest BCUT2D eigenvalue weighted by Crippen LogP contribution is 2.12. The van der Waals surface area contributed by atoms with Crippen LogP contribution in [-0.2, 0) is 9.47 Å². The van der Waals surface area contributed by atoms with Crippen LogP contribution in [0, 0.1) is 0 Å². The maximum absolute atomic E-state index is 5.32. The minimum atomic E-state index is 0.433. The van der Waals surface area contributed by atoms with Gasteiger partial charge in [-0.25, -0.2) is 0 Å². The Hall–Kier alpha value is 0.390. The second-order valence-electron chi connectivity index (χ2n) is 6.50. The molecule has 0 rings (SSSR count). The molecule has 0 aromatic rings. The van der Waals surface area contributed by atoms with Gasteiger partial charge in [0.25, 0.3) is 0 Å². The molecule has 3 heteroatoms. The van der Waals surface area contributed by atoms with E-state index >= 15 is 0 Å². The molecule has 0 radical (unpaired) electrons. The van der Waals surface area contributed by atoms with E-state index in [4.69, 9.17) is 9.47 Å². The summed E-state index contributed by atoms with van der Waals surface area (Å²) in [5, 5.41) is 0. The van der Waals surface area contributed by atoms with Gasteiger partial charge in [0.1, 0.15) is 6.79 Å². The standard InChI is InChI=1S/C21H41IO2/c1-2-23-21-24-20-18-16-14-12-10-8-6-4-3-5-7-9-11-13-15-17-19-22/h14,16H,2-13,15,17-21H2,1H3. The third-order valence-corrected chi connectivity index (χ3v) is 4.98. The molecule has 0 saturated carbocycles. The van der Waals surface area contributed by atoms with E-state index in [2.05, 4.69) is 34.7 Å². The predicted octanol–water partition coefficient (Wildman–Crippen LogP) is 7.45. The zero-order valence-electron chi connectivity index (χ0n) is 16.1. The molecule has 0 bridgehead atoms. The van der Waals surface area contributed by atoms with Gasteiger partial charge in [0.05, 0.1) is 6.61 Å². The molecule has 0 fully saturated rings. The van der Waals surface area contributed by atoms with Gasteiger partial charge in [0.2, 0.25) is 0 Å². The van der Waals surface area contributed by atoms with Gasteiger partial charge in [0, 0.05) is 6.61 Å². The van der Waals surface area contributed by atoms with Crippen molar-refractivity contribution in [3.05, 3.63) is 12.2 Å². The molecule has 2 nitrogen and oxygen atoms in total. The third-order valence-electron chi connectivity index (χ3n) is 4.22. The first-order valence-corrected chi connectivity index (χ1v) is 11.8. The van der Waals surface area contributed by atoms with Crippen LogP contribution in [0.2, 0.25) is 0 Å². The lowest BCUT2D eigenvalue weighted by Gasteiger charge is -2.02.